The summed E-state index contributed by atoms with van der Waals surface area (Å²) in [5.41, 5.74) is 1.44. The first-order valence-corrected chi connectivity index (χ1v) is 11.8. The highest BCUT2D eigenvalue weighted by Gasteiger charge is 2.21. The van der Waals surface area contributed by atoms with Crippen molar-refractivity contribution >= 4 is 33.7 Å². The first kappa shape index (κ1) is 20.1. The second kappa shape index (κ2) is 8.76. The normalized spacial score (nSPS) is 17.7. The van der Waals surface area contributed by atoms with E-state index in [1.165, 1.54) is 22.3 Å². The topological polar surface area (TPSA) is 91.6 Å². The van der Waals surface area contributed by atoms with E-state index in [1.54, 1.807) is 6.07 Å². The van der Waals surface area contributed by atoms with Gasteiger partial charge < -0.3 is 15.5 Å². The summed E-state index contributed by atoms with van der Waals surface area (Å²) < 4.78 is 1.37. The monoisotopic (exact) mass is 438 g/mol. The van der Waals surface area contributed by atoms with Gasteiger partial charge in [0.25, 0.3) is 5.56 Å². The maximum absolute atomic E-state index is 12.7. The lowest BCUT2D eigenvalue weighted by atomic mass is 9.97. The van der Waals surface area contributed by atoms with Gasteiger partial charge in [-0.05, 0) is 57.3 Å². The summed E-state index contributed by atoms with van der Waals surface area (Å²) >= 11 is 1.39. The van der Waals surface area contributed by atoms with Gasteiger partial charge in [0.05, 0.1) is 0 Å². The predicted molar refractivity (Wildman–Crippen MR) is 123 cm³/mol. The van der Waals surface area contributed by atoms with Crippen LogP contribution in [0.25, 0.3) is 15.5 Å². The Kier molecular flexibility index (Phi) is 5.69. The Bertz CT molecular complexity index is 1140. The van der Waals surface area contributed by atoms with Crippen LogP contribution in [0.2, 0.25) is 0 Å². The van der Waals surface area contributed by atoms with E-state index >= 15 is 0 Å². The molecule has 0 aliphatic carbocycles. The molecule has 9 heteroatoms. The van der Waals surface area contributed by atoms with Gasteiger partial charge in [-0.1, -0.05) is 23.5 Å². The van der Waals surface area contributed by atoms with Gasteiger partial charge in [-0.3, -0.25) is 9.59 Å². The van der Waals surface area contributed by atoms with Crippen LogP contribution in [0.3, 0.4) is 0 Å². The fourth-order valence-electron chi connectivity index (χ4n) is 4.26. The number of amides is 1. The van der Waals surface area contributed by atoms with E-state index in [2.05, 4.69) is 20.6 Å². The summed E-state index contributed by atoms with van der Waals surface area (Å²) in [6.07, 6.45) is 5.21. The maximum atomic E-state index is 12.7. The predicted octanol–water partition coefficient (Wildman–Crippen LogP) is 2.75. The standard InChI is InChI=1S/C22H26N6O2S/c29-19-14-18(27-11-2-1-3-12-27)25-22-28(19)26-21(31-22)16-5-4-6-17(13-16)24-20(30)15-7-9-23-10-8-15/h4-6,13-15,23H,1-3,7-12H2,(H,24,30). The highest BCUT2D eigenvalue weighted by Crippen LogP contribution is 2.28. The van der Waals surface area contributed by atoms with Crippen LogP contribution in [0, 0.1) is 5.92 Å². The van der Waals surface area contributed by atoms with E-state index in [4.69, 9.17) is 4.98 Å². The Hall–Kier alpha value is -2.78. The molecule has 0 atom stereocenters. The largest absolute Gasteiger partial charge is 0.356 e. The molecular formula is C22H26N6O2S. The zero-order valence-electron chi connectivity index (χ0n) is 17.3. The summed E-state index contributed by atoms with van der Waals surface area (Å²) in [4.78, 5) is 32.7. The number of carbonyl (C=O) groups excluding carboxylic acids is 1. The minimum atomic E-state index is -0.163. The molecule has 31 heavy (non-hydrogen) atoms. The molecule has 3 aromatic rings. The molecule has 2 aliphatic heterocycles. The molecule has 4 heterocycles. The van der Waals surface area contributed by atoms with Crippen molar-refractivity contribution in [2.45, 2.75) is 32.1 Å². The van der Waals surface area contributed by atoms with Gasteiger partial charge in [0, 0.05) is 36.3 Å². The van der Waals surface area contributed by atoms with E-state index in [0.717, 1.165) is 68.9 Å². The number of rotatable bonds is 4. The number of hydrogen-bond donors (Lipinski definition) is 2. The van der Waals surface area contributed by atoms with Crippen LogP contribution in [0.15, 0.2) is 35.1 Å². The molecule has 2 aromatic heterocycles. The van der Waals surface area contributed by atoms with Gasteiger partial charge in [-0.2, -0.15) is 9.61 Å². The maximum Gasteiger partial charge on any atom is 0.277 e. The third kappa shape index (κ3) is 4.33. The summed E-state index contributed by atoms with van der Waals surface area (Å²) in [6.45, 7) is 3.64. The van der Waals surface area contributed by atoms with Crippen molar-refractivity contribution in [2.75, 3.05) is 36.4 Å². The number of benzene rings is 1. The van der Waals surface area contributed by atoms with Gasteiger partial charge in [0.2, 0.25) is 10.9 Å². The number of aromatic nitrogens is 3. The minimum absolute atomic E-state index is 0.0448. The van der Waals surface area contributed by atoms with Crippen LogP contribution in [0.5, 0.6) is 0 Å². The van der Waals surface area contributed by atoms with Crippen LogP contribution in [0.4, 0.5) is 11.5 Å². The lowest BCUT2D eigenvalue weighted by Crippen LogP contribution is -2.34. The summed E-state index contributed by atoms with van der Waals surface area (Å²) in [7, 11) is 0. The third-order valence-electron chi connectivity index (χ3n) is 6.00. The van der Waals surface area contributed by atoms with Gasteiger partial charge in [-0.25, -0.2) is 4.98 Å². The zero-order chi connectivity index (χ0) is 21.2. The quantitative estimate of drug-likeness (QED) is 0.651. The molecule has 0 spiro atoms. The average molecular weight is 439 g/mol. The van der Waals surface area contributed by atoms with Crippen molar-refractivity contribution in [3.63, 3.8) is 0 Å². The van der Waals surface area contributed by atoms with Crippen molar-refractivity contribution < 1.29 is 4.79 Å². The fourth-order valence-corrected chi connectivity index (χ4v) is 5.16. The highest BCUT2D eigenvalue weighted by atomic mass is 32.1. The van der Waals surface area contributed by atoms with E-state index < -0.39 is 0 Å². The van der Waals surface area contributed by atoms with E-state index in [9.17, 15) is 9.59 Å². The molecule has 0 bridgehead atoms. The SMILES string of the molecule is O=C(Nc1cccc(-c2nn3c(=O)cc(N4CCCCC4)nc3s2)c1)C1CCNCC1. The van der Waals surface area contributed by atoms with Gasteiger partial charge in [-0.15, -0.1) is 0 Å². The van der Waals surface area contributed by atoms with Crippen molar-refractivity contribution in [3.8, 4) is 10.6 Å². The zero-order valence-corrected chi connectivity index (χ0v) is 18.2. The Morgan fingerprint density at radius 2 is 1.94 bits per heavy atom. The van der Waals surface area contributed by atoms with Crippen molar-refractivity contribution in [1.29, 1.82) is 0 Å². The third-order valence-corrected chi connectivity index (χ3v) is 6.96. The second-order valence-electron chi connectivity index (χ2n) is 8.20. The van der Waals surface area contributed by atoms with Crippen LogP contribution in [0.1, 0.15) is 32.1 Å². The number of nitrogens with zero attached hydrogens (tertiary/aromatic N) is 4. The molecule has 1 aromatic carbocycles. The molecule has 2 N–H and O–H groups in total. The Morgan fingerprint density at radius 1 is 1.13 bits per heavy atom. The molecule has 162 valence electrons. The molecule has 2 aliphatic rings. The molecule has 1 amide bonds. The number of carbonyl (C=O) groups is 1. The fraction of sp³-hybridized carbons (Fsp3) is 0.455. The Balaban J connectivity index is 1.40. The summed E-state index contributed by atoms with van der Waals surface area (Å²) in [5.74, 6) is 0.846. The van der Waals surface area contributed by atoms with Crippen molar-refractivity contribution in [1.82, 2.24) is 19.9 Å². The molecular weight excluding hydrogens is 412 g/mol. The molecule has 0 saturated carbocycles. The molecule has 0 unspecified atom stereocenters. The van der Waals surface area contributed by atoms with Crippen LogP contribution in [-0.2, 0) is 4.79 Å². The molecule has 8 nitrogen and oxygen atoms in total. The number of piperidine rings is 2. The summed E-state index contributed by atoms with van der Waals surface area (Å²) in [5, 5.41) is 11.5. The van der Waals surface area contributed by atoms with Gasteiger partial charge in [0.1, 0.15) is 10.8 Å². The van der Waals surface area contributed by atoms with Crippen molar-refractivity contribution in [2.24, 2.45) is 5.92 Å². The van der Waals surface area contributed by atoms with E-state index in [1.807, 2.05) is 24.3 Å². The summed E-state index contributed by atoms with van der Waals surface area (Å²) in [6, 6.07) is 9.21. The highest BCUT2D eigenvalue weighted by molar-refractivity contribution is 7.19. The Labute approximate surface area is 184 Å². The van der Waals surface area contributed by atoms with E-state index in [0.29, 0.717) is 9.97 Å². The van der Waals surface area contributed by atoms with Gasteiger partial charge >= 0.3 is 0 Å². The van der Waals surface area contributed by atoms with Gasteiger partial charge in [0.15, 0.2) is 0 Å². The lowest BCUT2D eigenvalue weighted by molar-refractivity contribution is -0.120. The lowest BCUT2D eigenvalue weighted by Gasteiger charge is -2.27. The number of hydrogen-bond acceptors (Lipinski definition) is 7. The number of fused-ring (bicyclic) bond motifs is 1. The smallest absolute Gasteiger partial charge is 0.277 e. The van der Waals surface area contributed by atoms with Crippen molar-refractivity contribution in [3.05, 3.63) is 40.7 Å². The first-order chi connectivity index (χ1) is 15.2. The Morgan fingerprint density at radius 3 is 2.74 bits per heavy atom. The molecule has 2 fully saturated rings. The number of anilines is 2. The average Bonchev–Trinajstić information content (AvgIpc) is 3.25. The van der Waals surface area contributed by atoms with Crippen LogP contribution < -0.4 is 21.1 Å². The molecule has 5 rings (SSSR count). The first-order valence-electron chi connectivity index (χ1n) is 11.0. The van der Waals surface area contributed by atoms with Crippen LogP contribution >= 0.6 is 11.3 Å². The van der Waals surface area contributed by atoms with E-state index in [-0.39, 0.29) is 17.4 Å². The molecule has 2 saturated heterocycles. The molecule has 0 radical (unpaired) electrons. The van der Waals surface area contributed by atoms with Crippen LogP contribution in [-0.4, -0.2) is 46.7 Å². The number of nitrogens with one attached hydrogen (secondary N) is 2. The minimum Gasteiger partial charge on any atom is -0.356 e. The second-order valence-corrected chi connectivity index (χ2v) is 9.15.